The number of halogens is 2. The van der Waals surface area contributed by atoms with E-state index in [1.54, 1.807) is 0 Å². The van der Waals surface area contributed by atoms with Gasteiger partial charge >= 0.3 is 0 Å². The number of hydrogen-bond acceptors (Lipinski definition) is 2. The highest BCUT2D eigenvalue weighted by Crippen LogP contribution is 2.41. The lowest BCUT2D eigenvalue weighted by molar-refractivity contribution is 0.501. The zero-order chi connectivity index (χ0) is 16.6. The minimum atomic E-state index is -3.92. The molecule has 0 spiro atoms. The number of benzene rings is 2. The van der Waals surface area contributed by atoms with Crippen LogP contribution >= 0.6 is 0 Å². The highest BCUT2D eigenvalue weighted by atomic mass is 32.2. The summed E-state index contributed by atoms with van der Waals surface area (Å²) in [6.45, 7) is 1.96. The van der Waals surface area contributed by atoms with E-state index in [9.17, 15) is 17.2 Å². The molecular formula is C17H17F2NO2S. The first-order valence-electron chi connectivity index (χ1n) is 7.41. The van der Waals surface area contributed by atoms with E-state index in [2.05, 4.69) is 4.72 Å². The predicted octanol–water partition coefficient (Wildman–Crippen LogP) is 3.70. The summed E-state index contributed by atoms with van der Waals surface area (Å²) in [5.41, 5.74) is 1.97. The maximum atomic E-state index is 13.3. The molecule has 0 unspecified atom stereocenters. The van der Waals surface area contributed by atoms with Gasteiger partial charge in [-0.15, -0.1) is 0 Å². The van der Waals surface area contributed by atoms with E-state index in [1.165, 1.54) is 0 Å². The molecule has 0 heterocycles. The van der Waals surface area contributed by atoms with Gasteiger partial charge in [0.1, 0.15) is 0 Å². The van der Waals surface area contributed by atoms with Gasteiger partial charge in [0.2, 0.25) is 10.0 Å². The summed E-state index contributed by atoms with van der Waals surface area (Å²) in [5, 5.41) is 0. The van der Waals surface area contributed by atoms with Crippen molar-refractivity contribution in [1.82, 2.24) is 4.72 Å². The standard InChI is InChI=1S/C17H17F2NO2S/c1-11-2-4-12(5-3-11)17(13-6-7-13)20-23(21,22)14-8-9-15(18)16(19)10-14/h2-5,8-10,13,17,20H,6-7H2,1H3/t17-/m0/s1. The SMILES string of the molecule is Cc1ccc([C@H](NS(=O)(=O)c2ccc(F)c(F)c2)C2CC2)cc1. The molecule has 0 aromatic heterocycles. The van der Waals surface area contributed by atoms with Gasteiger partial charge in [0.15, 0.2) is 11.6 Å². The van der Waals surface area contributed by atoms with Crippen LogP contribution in [0.4, 0.5) is 8.78 Å². The van der Waals surface area contributed by atoms with Crippen LogP contribution in [0.2, 0.25) is 0 Å². The van der Waals surface area contributed by atoms with E-state index in [0.717, 1.165) is 36.1 Å². The first kappa shape index (κ1) is 16.1. The van der Waals surface area contributed by atoms with Gasteiger partial charge in [-0.25, -0.2) is 21.9 Å². The molecule has 0 amide bonds. The normalized spacial score (nSPS) is 16.3. The van der Waals surface area contributed by atoms with E-state index >= 15 is 0 Å². The summed E-state index contributed by atoms with van der Waals surface area (Å²) < 4.78 is 53.9. The lowest BCUT2D eigenvalue weighted by Gasteiger charge is -2.19. The topological polar surface area (TPSA) is 46.2 Å². The molecule has 2 aromatic rings. The van der Waals surface area contributed by atoms with Gasteiger partial charge in [-0.3, -0.25) is 0 Å². The first-order valence-corrected chi connectivity index (χ1v) is 8.89. The minimum absolute atomic E-state index is 0.234. The van der Waals surface area contributed by atoms with Crippen molar-refractivity contribution < 1.29 is 17.2 Å². The van der Waals surface area contributed by atoms with Crippen LogP contribution in [-0.2, 0) is 10.0 Å². The number of aryl methyl sites for hydroxylation is 1. The molecule has 0 radical (unpaired) electrons. The number of sulfonamides is 1. The van der Waals surface area contributed by atoms with E-state index < -0.39 is 21.7 Å². The largest absolute Gasteiger partial charge is 0.241 e. The molecule has 3 rings (SSSR count). The summed E-state index contributed by atoms with van der Waals surface area (Å²) in [7, 11) is -3.92. The Bertz CT molecular complexity index is 815. The number of nitrogens with one attached hydrogen (secondary N) is 1. The third-order valence-electron chi connectivity index (χ3n) is 4.01. The van der Waals surface area contributed by atoms with Gasteiger partial charge in [0.25, 0.3) is 0 Å². The van der Waals surface area contributed by atoms with Gasteiger partial charge in [-0.1, -0.05) is 29.8 Å². The molecule has 1 atom stereocenters. The maximum Gasteiger partial charge on any atom is 0.241 e. The van der Waals surface area contributed by atoms with Crippen molar-refractivity contribution in [2.45, 2.75) is 30.7 Å². The van der Waals surface area contributed by atoms with Crippen molar-refractivity contribution in [1.29, 1.82) is 0 Å². The predicted molar refractivity (Wildman–Crippen MR) is 83.3 cm³/mol. The molecule has 3 nitrogen and oxygen atoms in total. The summed E-state index contributed by atoms with van der Waals surface area (Å²) >= 11 is 0. The average Bonchev–Trinajstić information content (AvgIpc) is 3.33. The lowest BCUT2D eigenvalue weighted by Crippen LogP contribution is -2.30. The zero-order valence-electron chi connectivity index (χ0n) is 12.6. The Morgan fingerprint density at radius 2 is 1.70 bits per heavy atom. The fourth-order valence-corrected chi connectivity index (χ4v) is 3.82. The summed E-state index contributed by atoms with van der Waals surface area (Å²) in [6, 6.07) is 9.89. The molecular weight excluding hydrogens is 320 g/mol. The fourth-order valence-electron chi connectivity index (χ4n) is 2.52. The van der Waals surface area contributed by atoms with Crippen LogP contribution in [0.5, 0.6) is 0 Å². The molecule has 1 aliphatic carbocycles. The van der Waals surface area contributed by atoms with Crippen LogP contribution in [0.15, 0.2) is 47.4 Å². The molecule has 0 saturated heterocycles. The molecule has 1 aliphatic rings. The van der Waals surface area contributed by atoms with Crippen LogP contribution in [0.3, 0.4) is 0 Å². The highest BCUT2D eigenvalue weighted by molar-refractivity contribution is 7.89. The van der Waals surface area contributed by atoms with Gasteiger partial charge in [-0.05, 0) is 49.4 Å². The lowest BCUT2D eigenvalue weighted by atomic mass is 10.0. The summed E-state index contributed by atoms with van der Waals surface area (Å²) in [5.74, 6) is -2.01. The Labute approximate surface area is 134 Å². The second-order valence-corrected chi connectivity index (χ2v) is 7.64. The third kappa shape index (κ3) is 3.59. The van der Waals surface area contributed by atoms with Crippen molar-refractivity contribution in [2.24, 2.45) is 5.92 Å². The van der Waals surface area contributed by atoms with Crippen LogP contribution < -0.4 is 4.72 Å². The van der Waals surface area contributed by atoms with Gasteiger partial charge in [0, 0.05) is 6.04 Å². The molecule has 1 fully saturated rings. The molecule has 1 saturated carbocycles. The van der Waals surface area contributed by atoms with Crippen LogP contribution in [0, 0.1) is 24.5 Å². The number of rotatable bonds is 5. The van der Waals surface area contributed by atoms with Crippen molar-refractivity contribution in [3.63, 3.8) is 0 Å². The fraction of sp³-hybridized carbons (Fsp3) is 0.294. The van der Waals surface area contributed by atoms with Crippen molar-refractivity contribution >= 4 is 10.0 Å². The Hall–Kier alpha value is -1.79. The quantitative estimate of drug-likeness (QED) is 0.904. The molecule has 0 bridgehead atoms. The zero-order valence-corrected chi connectivity index (χ0v) is 13.4. The maximum absolute atomic E-state index is 13.3. The molecule has 122 valence electrons. The van der Waals surface area contributed by atoms with Gasteiger partial charge < -0.3 is 0 Å². The molecule has 0 aliphatic heterocycles. The van der Waals surface area contributed by atoms with Crippen molar-refractivity contribution in [3.05, 3.63) is 65.2 Å². The van der Waals surface area contributed by atoms with Crippen LogP contribution in [0.25, 0.3) is 0 Å². The Morgan fingerprint density at radius 3 is 2.26 bits per heavy atom. The molecule has 2 aromatic carbocycles. The Morgan fingerprint density at radius 1 is 1.04 bits per heavy atom. The van der Waals surface area contributed by atoms with E-state index in [-0.39, 0.29) is 16.9 Å². The second-order valence-electron chi connectivity index (χ2n) is 5.92. The van der Waals surface area contributed by atoms with E-state index in [1.807, 2.05) is 31.2 Å². The van der Waals surface area contributed by atoms with Gasteiger partial charge in [0.05, 0.1) is 4.90 Å². The summed E-state index contributed by atoms with van der Waals surface area (Å²) in [6.07, 6.45) is 1.89. The highest BCUT2D eigenvalue weighted by Gasteiger charge is 2.35. The number of hydrogen-bond donors (Lipinski definition) is 1. The molecule has 6 heteroatoms. The van der Waals surface area contributed by atoms with Crippen LogP contribution in [0.1, 0.15) is 30.0 Å². The Kier molecular flexibility index (Phi) is 4.21. The summed E-state index contributed by atoms with van der Waals surface area (Å²) in [4.78, 5) is -0.269. The van der Waals surface area contributed by atoms with E-state index in [4.69, 9.17) is 0 Å². The molecule has 1 N–H and O–H groups in total. The second kappa shape index (κ2) is 6.02. The van der Waals surface area contributed by atoms with Gasteiger partial charge in [-0.2, -0.15) is 0 Å². The molecule has 23 heavy (non-hydrogen) atoms. The third-order valence-corrected chi connectivity index (χ3v) is 5.45. The van der Waals surface area contributed by atoms with E-state index in [0.29, 0.717) is 6.07 Å². The van der Waals surface area contributed by atoms with Crippen LogP contribution in [-0.4, -0.2) is 8.42 Å². The smallest absolute Gasteiger partial charge is 0.207 e. The Balaban J connectivity index is 1.90. The van der Waals surface area contributed by atoms with Crippen molar-refractivity contribution in [3.8, 4) is 0 Å². The minimum Gasteiger partial charge on any atom is -0.207 e. The first-order chi connectivity index (χ1) is 10.9. The monoisotopic (exact) mass is 337 g/mol. The average molecular weight is 337 g/mol. The van der Waals surface area contributed by atoms with Crippen molar-refractivity contribution in [2.75, 3.05) is 0 Å².